The van der Waals surface area contributed by atoms with Crippen molar-refractivity contribution in [3.63, 3.8) is 0 Å². The van der Waals surface area contributed by atoms with Gasteiger partial charge in [0, 0.05) is 58.9 Å². The Bertz CT molecular complexity index is 2300. The minimum atomic E-state index is -0.614. The van der Waals surface area contributed by atoms with Crippen LogP contribution in [0.5, 0.6) is 0 Å². The fraction of sp³-hybridized carbons (Fsp3) is 0.897. The molecule has 0 radical (unpaired) electrons. The van der Waals surface area contributed by atoms with Gasteiger partial charge in [-0.2, -0.15) is 0 Å². The van der Waals surface area contributed by atoms with E-state index in [1.165, 1.54) is 75.5 Å². The first-order valence-corrected chi connectivity index (χ1v) is 44.9. The molecule has 22 nitrogen and oxygen atoms in total. The van der Waals surface area contributed by atoms with E-state index in [-0.39, 0.29) is 138 Å². The zero-order valence-electron chi connectivity index (χ0n) is 71.7. The van der Waals surface area contributed by atoms with Crippen molar-refractivity contribution in [3.8, 4) is 0 Å². The lowest BCUT2D eigenvalue weighted by Gasteiger charge is -2.33. The number of nitrogens with two attached hydrogens (primary N) is 2. The van der Waals surface area contributed by atoms with E-state index in [1.807, 2.05) is 11.8 Å². The molecule has 0 aromatic heterocycles. The monoisotopic (exact) mass is 1540 g/mol. The third-order valence-electron chi connectivity index (χ3n) is 22.1. The molecular weight excluding hydrogens is 1380 g/mol. The second kappa shape index (κ2) is 72.1. The maximum atomic E-state index is 14.9. The molecule has 0 aliphatic heterocycles. The van der Waals surface area contributed by atoms with Gasteiger partial charge in [-0.3, -0.25) is 48.1 Å². The Morgan fingerprint density at radius 1 is 0.275 bits per heavy atom. The quantitative estimate of drug-likeness (QED) is 0.0355. The van der Waals surface area contributed by atoms with Gasteiger partial charge < -0.3 is 61.3 Å². The molecule has 0 heterocycles. The molecule has 22 heteroatoms. The Balaban J connectivity index is 6.09. The summed E-state index contributed by atoms with van der Waals surface area (Å²) in [6.07, 6.45) is 46.3. The largest absolute Gasteiger partial charge is 0.395 e. The lowest BCUT2D eigenvalue weighted by atomic mass is 9.97. The number of aliphatic hydroxyl groups is 2. The fourth-order valence-electron chi connectivity index (χ4n) is 14.6. The van der Waals surface area contributed by atoms with Gasteiger partial charge in [0.15, 0.2) is 0 Å². The number of primary amides is 2. The maximum Gasteiger partial charge on any atom is 0.242 e. The van der Waals surface area contributed by atoms with Gasteiger partial charge in [-0.05, 0) is 69.2 Å². The molecule has 7 N–H and O–H groups in total. The van der Waals surface area contributed by atoms with Crippen LogP contribution >= 0.6 is 0 Å². The van der Waals surface area contributed by atoms with Crippen LogP contribution in [0.15, 0.2) is 0 Å². The number of aliphatic hydroxyl groups excluding tert-OH is 2. The van der Waals surface area contributed by atoms with Crippen LogP contribution in [0.3, 0.4) is 0 Å². The smallest absolute Gasteiger partial charge is 0.242 e. The van der Waals surface area contributed by atoms with Crippen LogP contribution in [0, 0.1) is 17.8 Å². The van der Waals surface area contributed by atoms with E-state index < -0.39 is 11.8 Å². The number of rotatable bonds is 79. The van der Waals surface area contributed by atoms with Crippen molar-refractivity contribution >= 4 is 53.2 Å². The lowest BCUT2D eigenvalue weighted by molar-refractivity contribution is -0.147. The summed E-state index contributed by atoms with van der Waals surface area (Å²) in [5.74, 6) is -2.73. The fourth-order valence-corrected chi connectivity index (χ4v) is 14.6. The van der Waals surface area contributed by atoms with Gasteiger partial charge in [-0.15, -0.1) is 0 Å². The minimum absolute atomic E-state index is 0.00955. The molecule has 0 saturated carbocycles. The molecule has 0 aromatic carbocycles. The molecular formula is C87H169N11O11. The second-order valence-corrected chi connectivity index (χ2v) is 31.7. The van der Waals surface area contributed by atoms with Gasteiger partial charge in [-0.25, -0.2) is 0 Å². The molecule has 9 amide bonds. The van der Waals surface area contributed by atoms with E-state index in [0.717, 1.165) is 212 Å². The topological polar surface area (TPSA) is 284 Å². The average Bonchev–Trinajstić information content (AvgIpc) is 0.870. The molecule has 0 rings (SSSR count). The molecule has 3 atom stereocenters. The van der Waals surface area contributed by atoms with Crippen LogP contribution in [0.25, 0.3) is 0 Å². The number of carbonyl (C=O) groups excluding carboxylic acids is 9. The van der Waals surface area contributed by atoms with Crippen LogP contribution in [0.1, 0.15) is 351 Å². The Morgan fingerprint density at radius 3 is 0.817 bits per heavy atom. The number of nitrogens with one attached hydrogen (secondary N) is 1. The predicted octanol–water partition coefficient (Wildman–Crippen LogP) is 14.2. The van der Waals surface area contributed by atoms with E-state index in [9.17, 15) is 53.4 Å². The molecule has 3 unspecified atom stereocenters. The summed E-state index contributed by atoms with van der Waals surface area (Å²) in [7, 11) is 0. The summed E-state index contributed by atoms with van der Waals surface area (Å²) in [5.41, 5.74) is 11.5. The average molecular weight is 1550 g/mol. The van der Waals surface area contributed by atoms with Gasteiger partial charge in [-0.1, -0.05) is 306 Å². The molecule has 0 saturated heterocycles. The highest BCUT2D eigenvalue weighted by Gasteiger charge is 2.31. The first-order valence-electron chi connectivity index (χ1n) is 44.9. The highest BCUT2D eigenvalue weighted by molar-refractivity contribution is 5.92. The van der Waals surface area contributed by atoms with Crippen molar-refractivity contribution in [2.24, 2.45) is 29.2 Å². The summed E-state index contributed by atoms with van der Waals surface area (Å²) in [4.78, 5) is 139. The summed E-state index contributed by atoms with van der Waals surface area (Å²) in [5, 5.41) is 22.2. The molecule has 0 fully saturated rings. The van der Waals surface area contributed by atoms with Crippen LogP contribution in [-0.4, -0.2) is 240 Å². The summed E-state index contributed by atoms with van der Waals surface area (Å²) >= 11 is 0. The molecule has 0 bridgehead atoms. The number of hydrogen-bond acceptors (Lipinski definition) is 13. The molecule has 109 heavy (non-hydrogen) atoms. The Kier molecular flexibility index (Phi) is 68.8. The van der Waals surface area contributed by atoms with Crippen LogP contribution in [0.4, 0.5) is 0 Å². The SMILES string of the molecule is CCCCCCCCCCN(CC(N)=O)C(=O)CN(CC(CC)CCCC)C(=O)CN(CCCCCCCCCCCCCC(CC)CN(CC(N)=O)C(=O)CN(CCCCCCCCCC)C(=O)CN(CC(CC)CCCC)C(=O)CN(CCCCCCCCCC)C(=O)CNCCO)C(=O)CN(CC)CCO. The minimum Gasteiger partial charge on any atom is -0.395 e. The summed E-state index contributed by atoms with van der Waals surface area (Å²) < 4.78 is 0. The van der Waals surface area contributed by atoms with Crippen molar-refractivity contribution in [2.45, 2.75) is 351 Å². The van der Waals surface area contributed by atoms with Crippen molar-refractivity contribution < 1.29 is 53.4 Å². The van der Waals surface area contributed by atoms with Crippen LogP contribution < -0.4 is 16.8 Å². The predicted molar refractivity (Wildman–Crippen MR) is 447 cm³/mol. The second-order valence-electron chi connectivity index (χ2n) is 31.7. The van der Waals surface area contributed by atoms with E-state index in [2.05, 4.69) is 60.7 Å². The standard InChI is InChI=1S/C87H169N11O11/c1-10-19-24-27-30-39-44-49-57-92(68-79(88)101)83(105)74-97(66-76(15-6)53-22-13-4)87(109)73-94(82(104)70-91(18-9)61-63-100)59-51-47-42-37-35-33-34-36-38-43-48-55-78(17-8)65-96(69-80(89)102)85(107)72-95(60-52-46-41-32-29-26-21-12-3)84(106)75-98(67-77(16-7)54-23-14-5)86(108)71-93(81(103)64-90-56-62-99)58-50-45-40-31-28-25-20-11-2/h76-78,90,99-100H,10-75H2,1-9H3,(H2,88,101)(H2,89,102). The third kappa shape index (κ3) is 56.0. The van der Waals surface area contributed by atoms with Crippen molar-refractivity contribution in [2.75, 3.05) is 138 Å². The van der Waals surface area contributed by atoms with Gasteiger partial charge in [0.05, 0.1) is 72.1 Å². The molecule has 638 valence electrons. The van der Waals surface area contributed by atoms with E-state index in [4.69, 9.17) is 11.5 Å². The number of likely N-dealkylation sites (N-methyl/N-ethyl adjacent to an activating group) is 1. The third-order valence-corrected chi connectivity index (χ3v) is 22.1. The first-order chi connectivity index (χ1) is 52.8. The number of nitrogens with zero attached hydrogens (tertiary/aromatic N) is 8. The highest BCUT2D eigenvalue weighted by Crippen LogP contribution is 2.22. The van der Waals surface area contributed by atoms with Crippen LogP contribution in [0.2, 0.25) is 0 Å². The summed E-state index contributed by atoms with van der Waals surface area (Å²) in [6, 6.07) is 0. The Labute approximate surface area is 665 Å². The van der Waals surface area contributed by atoms with E-state index in [1.54, 1.807) is 29.4 Å². The zero-order chi connectivity index (χ0) is 80.9. The maximum absolute atomic E-state index is 14.9. The highest BCUT2D eigenvalue weighted by atomic mass is 16.3. The van der Waals surface area contributed by atoms with Crippen molar-refractivity contribution in [3.05, 3.63) is 0 Å². The van der Waals surface area contributed by atoms with E-state index >= 15 is 0 Å². The van der Waals surface area contributed by atoms with E-state index in [0.29, 0.717) is 65.3 Å². The zero-order valence-corrected chi connectivity index (χ0v) is 71.7. The van der Waals surface area contributed by atoms with Crippen LogP contribution in [-0.2, 0) is 43.2 Å². The molecule has 0 aromatic rings. The van der Waals surface area contributed by atoms with Gasteiger partial charge in [0.25, 0.3) is 0 Å². The molecule has 0 aliphatic carbocycles. The number of unbranched alkanes of at least 4 members (excludes halogenated alkanes) is 33. The van der Waals surface area contributed by atoms with Crippen molar-refractivity contribution in [1.82, 2.24) is 44.5 Å². The number of carbonyl (C=O) groups is 9. The van der Waals surface area contributed by atoms with Gasteiger partial charge in [0.2, 0.25) is 53.2 Å². The number of amides is 9. The first kappa shape index (κ1) is 104. The van der Waals surface area contributed by atoms with Gasteiger partial charge in [0.1, 0.15) is 0 Å². The Morgan fingerprint density at radius 2 is 0.523 bits per heavy atom. The molecule has 0 aliphatic rings. The normalized spacial score (nSPS) is 12.3. The lowest BCUT2D eigenvalue weighted by Crippen LogP contribution is -2.52. The van der Waals surface area contributed by atoms with Gasteiger partial charge >= 0.3 is 0 Å². The summed E-state index contributed by atoms with van der Waals surface area (Å²) in [6.45, 7) is 21.4. The molecule has 0 spiro atoms. The number of hydrogen-bond donors (Lipinski definition) is 5. The Hall–Kier alpha value is -4.93. The van der Waals surface area contributed by atoms with Crippen molar-refractivity contribution in [1.29, 1.82) is 0 Å².